The van der Waals surface area contributed by atoms with Crippen LogP contribution in [0.5, 0.6) is 5.75 Å². The van der Waals surface area contributed by atoms with Crippen molar-refractivity contribution in [2.24, 2.45) is 0 Å². The SMILES string of the molecule is COc1cccc(NC(=O)NC(Cc2ccccc2)C(=O)N(CCc2ccccc2)Cc2ccccc2)c1. The Morgan fingerprint density at radius 3 is 2.00 bits per heavy atom. The standard InChI is InChI=1S/C32H33N3O3/c1-38-29-19-11-18-28(23-29)33-32(37)34-30(22-26-14-7-3-8-15-26)31(36)35(24-27-16-9-4-10-17-27)21-20-25-12-5-2-6-13-25/h2-19,23,30H,20-22,24H2,1H3,(H2,33,34,37). The molecule has 0 aliphatic heterocycles. The van der Waals surface area contributed by atoms with Gasteiger partial charge in [0, 0.05) is 31.3 Å². The summed E-state index contributed by atoms with van der Waals surface area (Å²) < 4.78 is 5.25. The number of ether oxygens (including phenoxy) is 1. The predicted octanol–water partition coefficient (Wildman–Crippen LogP) is 5.70. The maximum Gasteiger partial charge on any atom is 0.319 e. The minimum atomic E-state index is -0.748. The largest absolute Gasteiger partial charge is 0.497 e. The second kappa shape index (κ2) is 13.7. The molecule has 1 atom stereocenters. The average molecular weight is 508 g/mol. The number of nitrogens with one attached hydrogen (secondary N) is 2. The highest BCUT2D eigenvalue weighted by molar-refractivity contribution is 5.94. The van der Waals surface area contributed by atoms with E-state index in [1.807, 2.05) is 83.8 Å². The predicted molar refractivity (Wildman–Crippen MR) is 151 cm³/mol. The van der Waals surface area contributed by atoms with E-state index in [1.165, 1.54) is 0 Å². The fourth-order valence-corrected chi connectivity index (χ4v) is 4.28. The Balaban J connectivity index is 1.55. The molecular weight excluding hydrogens is 474 g/mol. The molecule has 0 aromatic heterocycles. The first-order chi connectivity index (χ1) is 18.6. The third-order valence-corrected chi connectivity index (χ3v) is 6.25. The van der Waals surface area contributed by atoms with E-state index < -0.39 is 12.1 Å². The van der Waals surface area contributed by atoms with Crippen LogP contribution in [0.1, 0.15) is 16.7 Å². The van der Waals surface area contributed by atoms with Gasteiger partial charge in [-0.3, -0.25) is 4.79 Å². The van der Waals surface area contributed by atoms with Crippen LogP contribution in [0, 0.1) is 0 Å². The second-order valence-electron chi connectivity index (χ2n) is 9.05. The fourth-order valence-electron chi connectivity index (χ4n) is 4.28. The molecule has 2 N–H and O–H groups in total. The molecule has 194 valence electrons. The summed E-state index contributed by atoms with van der Waals surface area (Å²) in [4.78, 5) is 28.9. The Kier molecular flexibility index (Phi) is 9.51. The number of hydrogen-bond acceptors (Lipinski definition) is 3. The molecule has 4 aromatic carbocycles. The number of nitrogens with zero attached hydrogens (tertiary/aromatic N) is 1. The molecule has 0 saturated carbocycles. The van der Waals surface area contributed by atoms with Gasteiger partial charge in [0.15, 0.2) is 0 Å². The van der Waals surface area contributed by atoms with E-state index in [4.69, 9.17) is 4.74 Å². The average Bonchev–Trinajstić information content (AvgIpc) is 2.96. The smallest absolute Gasteiger partial charge is 0.319 e. The Morgan fingerprint density at radius 1 is 0.763 bits per heavy atom. The Labute approximate surface area is 224 Å². The molecule has 38 heavy (non-hydrogen) atoms. The van der Waals surface area contributed by atoms with Crippen molar-refractivity contribution in [3.05, 3.63) is 132 Å². The van der Waals surface area contributed by atoms with Gasteiger partial charge in [0.1, 0.15) is 11.8 Å². The molecule has 4 rings (SSSR count). The van der Waals surface area contributed by atoms with E-state index >= 15 is 0 Å². The lowest BCUT2D eigenvalue weighted by Crippen LogP contribution is -2.51. The normalized spacial score (nSPS) is 11.3. The summed E-state index contributed by atoms with van der Waals surface area (Å²) in [5.74, 6) is 0.504. The number of carbonyl (C=O) groups is 2. The van der Waals surface area contributed by atoms with Crippen molar-refractivity contribution in [2.75, 3.05) is 19.0 Å². The van der Waals surface area contributed by atoms with E-state index in [9.17, 15) is 9.59 Å². The second-order valence-corrected chi connectivity index (χ2v) is 9.05. The molecular formula is C32H33N3O3. The van der Waals surface area contributed by atoms with Gasteiger partial charge >= 0.3 is 6.03 Å². The van der Waals surface area contributed by atoms with Crippen molar-refractivity contribution in [1.29, 1.82) is 0 Å². The number of methoxy groups -OCH3 is 1. The van der Waals surface area contributed by atoms with E-state index in [1.54, 1.807) is 31.4 Å². The minimum absolute atomic E-state index is 0.130. The summed E-state index contributed by atoms with van der Waals surface area (Å²) in [7, 11) is 1.57. The molecule has 1 unspecified atom stereocenters. The lowest BCUT2D eigenvalue weighted by molar-refractivity contribution is -0.133. The van der Waals surface area contributed by atoms with Crippen molar-refractivity contribution in [2.45, 2.75) is 25.4 Å². The molecule has 0 bridgehead atoms. The van der Waals surface area contributed by atoms with Crippen LogP contribution in [-0.2, 0) is 24.2 Å². The highest BCUT2D eigenvalue weighted by atomic mass is 16.5. The molecule has 0 aliphatic carbocycles. The van der Waals surface area contributed by atoms with Crippen LogP contribution in [0.4, 0.5) is 10.5 Å². The molecule has 0 heterocycles. The van der Waals surface area contributed by atoms with Gasteiger partial charge in [0.05, 0.1) is 7.11 Å². The lowest BCUT2D eigenvalue weighted by atomic mass is 10.0. The molecule has 0 fully saturated rings. The van der Waals surface area contributed by atoms with Gasteiger partial charge in [-0.05, 0) is 35.2 Å². The number of rotatable bonds is 11. The summed E-state index contributed by atoms with van der Waals surface area (Å²) in [5, 5.41) is 5.77. The Bertz CT molecular complexity index is 1300. The van der Waals surface area contributed by atoms with E-state index in [0.29, 0.717) is 37.4 Å². The van der Waals surface area contributed by atoms with Gasteiger partial charge in [-0.25, -0.2) is 4.79 Å². The first-order valence-corrected chi connectivity index (χ1v) is 12.7. The van der Waals surface area contributed by atoms with Gasteiger partial charge in [-0.15, -0.1) is 0 Å². The van der Waals surface area contributed by atoms with Crippen LogP contribution in [-0.4, -0.2) is 36.5 Å². The fraction of sp³-hybridized carbons (Fsp3) is 0.188. The van der Waals surface area contributed by atoms with Gasteiger partial charge in [-0.2, -0.15) is 0 Å². The minimum Gasteiger partial charge on any atom is -0.497 e. The highest BCUT2D eigenvalue weighted by Crippen LogP contribution is 2.17. The zero-order valence-corrected chi connectivity index (χ0v) is 21.5. The van der Waals surface area contributed by atoms with Gasteiger partial charge in [0.25, 0.3) is 0 Å². The molecule has 4 aromatic rings. The molecule has 6 heteroatoms. The highest BCUT2D eigenvalue weighted by Gasteiger charge is 2.26. The van der Waals surface area contributed by atoms with Gasteiger partial charge < -0.3 is 20.3 Å². The number of hydrogen-bond donors (Lipinski definition) is 2. The van der Waals surface area contributed by atoms with E-state index in [2.05, 4.69) is 22.8 Å². The maximum absolute atomic E-state index is 14.0. The maximum atomic E-state index is 14.0. The number of anilines is 1. The third-order valence-electron chi connectivity index (χ3n) is 6.25. The Morgan fingerprint density at radius 2 is 1.37 bits per heavy atom. The Hall–Kier alpha value is -4.58. The van der Waals surface area contributed by atoms with Crippen LogP contribution < -0.4 is 15.4 Å². The van der Waals surface area contributed by atoms with Crippen LogP contribution in [0.3, 0.4) is 0 Å². The molecule has 6 nitrogen and oxygen atoms in total. The lowest BCUT2D eigenvalue weighted by Gasteiger charge is -2.28. The summed E-state index contributed by atoms with van der Waals surface area (Å²) in [6, 6.07) is 35.7. The van der Waals surface area contributed by atoms with Crippen molar-refractivity contribution < 1.29 is 14.3 Å². The molecule has 0 radical (unpaired) electrons. The number of benzene rings is 4. The van der Waals surface area contributed by atoms with E-state index in [-0.39, 0.29) is 5.91 Å². The van der Waals surface area contributed by atoms with Crippen molar-refractivity contribution >= 4 is 17.6 Å². The molecule has 0 aliphatic rings. The van der Waals surface area contributed by atoms with Crippen LogP contribution in [0.25, 0.3) is 0 Å². The van der Waals surface area contributed by atoms with Crippen molar-refractivity contribution in [1.82, 2.24) is 10.2 Å². The van der Waals surface area contributed by atoms with Crippen LogP contribution >= 0.6 is 0 Å². The number of urea groups is 1. The monoisotopic (exact) mass is 507 g/mol. The first kappa shape index (κ1) is 26.5. The summed E-state index contributed by atoms with van der Waals surface area (Å²) in [6.45, 7) is 0.985. The molecule has 3 amide bonds. The number of carbonyl (C=O) groups excluding carboxylic acids is 2. The van der Waals surface area contributed by atoms with E-state index in [0.717, 1.165) is 16.7 Å². The van der Waals surface area contributed by atoms with Crippen molar-refractivity contribution in [3.63, 3.8) is 0 Å². The number of amides is 3. The van der Waals surface area contributed by atoms with Gasteiger partial charge in [0.2, 0.25) is 5.91 Å². The zero-order valence-electron chi connectivity index (χ0n) is 21.5. The third kappa shape index (κ3) is 7.96. The summed E-state index contributed by atoms with van der Waals surface area (Å²) >= 11 is 0. The quantitative estimate of drug-likeness (QED) is 0.274. The summed E-state index contributed by atoms with van der Waals surface area (Å²) in [5.41, 5.74) is 3.74. The molecule has 0 spiro atoms. The van der Waals surface area contributed by atoms with Gasteiger partial charge in [-0.1, -0.05) is 97.1 Å². The van der Waals surface area contributed by atoms with Crippen molar-refractivity contribution in [3.8, 4) is 5.75 Å². The topological polar surface area (TPSA) is 70.7 Å². The molecule has 0 saturated heterocycles. The zero-order chi connectivity index (χ0) is 26.6. The summed E-state index contributed by atoms with van der Waals surface area (Å²) in [6.07, 6.45) is 1.09. The van der Waals surface area contributed by atoms with Crippen LogP contribution in [0.2, 0.25) is 0 Å². The first-order valence-electron chi connectivity index (χ1n) is 12.7. The van der Waals surface area contributed by atoms with Crippen LogP contribution in [0.15, 0.2) is 115 Å².